The standard InChI is InChI=1S/C34H48N6O6/c1-20(2)10-12-22-24(44-16-8-6-14-39-33(35)36)18-26-29(30(22)41)31(42)28-23(13-11-21(3)4)32(43-5)27(19-25(28)46-26)45-17-9-7-15-40-34(37)38/h10-11,18-19,41H,6-9,12-17H2,1-5H3,(H4,35,36,39)(H4,37,38,40)/p+2. The van der Waals surface area contributed by atoms with E-state index in [0.29, 0.717) is 84.9 Å². The number of phenols is 1. The average Bonchev–Trinajstić information content (AvgIpc) is 2.98. The van der Waals surface area contributed by atoms with E-state index in [0.717, 1.165) is 30.4 Å². The van der Waals surface area contributed by atoms with Gasteiger partial charge in [-0.05, 0) is 66.2 Å². The number of allylic oxidation sites excluding steroid dienone is 4. The molecule has 0 aliphatic heterocycles. The normalized spacial score (nSPS) is 10.8. The van der Waals surface area contributed by atoms with E-state index in [1.54, 1.807) is 19.2 Å². The molecule has 0 aliphatic carbocycles. The molecule has 12 heteroatoms. The van der Waals surface area contributed by atoms with E-state index in [2.05, 4.69) is 9.98 Å². The SMILES string of the molecule is COc1c(OCCCC[NH+]=C(N)N)cc2oc3cc(OCCCC[NH+]=C(N)N)c(CC=C(C)C)c(O)c3c(=O)c2c1CC=C(C)C. The van der Waals surface area contributed by atoms with Crippen LogP contribution >= 0.6 is 0 Å². The molecular weight excluding hydrogens is 588 g/mol. The largest absolute Gasteiger partial charge is 0.507 e. The van der Waals surface area contributed by atoms with Crippen molar-refractivity contribution in [1.29, 1.82) is 0 Å². The quantitative estimate of drug-likeness (QED) is 0.0362. The lowest BCUT2D eigenvalue weighted by Gasteiger charge is -2.18. The smallest absolute Gasteiger partial charge is 0.338 e. The Kier molecular flexibility index (Phi) is 13.2. The molecule has 2 aromatic carbocycles. The van der Waals surface area contributed by atoms with Gasteiger partial charge in [-0.2, -0.15) is 0 Å². The Bertz CT molecular complexity index is 1690. The molecule has 0 bridgehead atoms. The molecule has 11 N–H and O–H groups in total. The van der Waals surface area contributed by atoms with Gasteiger partial charge in [0.1, 0.15) is 28.1 Å². The molecule has 0 fully saturated rings. The van der Waals surface area contributed by atoms with E-state index in [9.17, 15) is 9.90 Å². The van der Waals surface area contributed by atoms with Gasteiger partial charge in [0.15, 0.2) is 11.5 Å². The van der Waals surface area contributed by atoms with E-state index in [1.807, 2.05) is 39.8 Å². The number of methoxy groups -OCH3 is 1. The van der Waals surface area contributed by atoms with Crippen LogP contribution in [0.2, 0.25) is 0 Å². The lowest BCUT2D eigenvalue weighted by atomic mass is 9.98. The van der Waals surface area contributed by atoms with Crippen molar-refractivity contribution in [3.05, 3.63) is 56.8 Å². The number of benzene rings is 2. The number of phenolic OH excluding ortho intramolecular Hbond substituents is 1. The Balaban J connectivity index is 2.16. The van der Waals surface area contributed by atoms with Crippen LogP contribution in [0.1, 0.15) is 64.5 Å². The molecule has 1 aromatic heterocycles. The number of nitrogens with two attached hydrogens (primary N) is 4. The third-order valence-electron chi connectivity index (χ3n) is 7.26. The minimum atomic E-state index is -0.357. The van der Waals surface area contributed by atoms with E-state index in [4.69, 9.17) is 41.6 Å². The number of aromatic hydroxyl groups is 1. The fourth-order valence-corrected chi connectivity index (χ4v) is 4.95. The second-order valence-corrected chi connectivity index (χ2v) is 11.6. The zero-order valence-corrected chi connectivity index (χ0v) is 27.7. The van der Waals surface area contributed by atoms with Crippen LogP contribution in [0.15, 0.2) is 44.6 Å². The topological polar surface area (TPSA) is 210 Å². The van der Waals surface area contributed by atoms with Crippen LogP contribution in [0.3, 0.4) is 0 Å². The summed E-state index contributed by atoms with van der Waals surface area (Å²) in [5.74, 6) is 1.53. The van der Waals surface area contributed by atoms with Crippen molar-refractivity contribution in [3.63, 3.8) is 0 Å². The summed E-state index contributed by atoms with van der Waals surface area (Å²) < 4.78 is 24.5. The first kappa shape index (κ1) is 35.6. The molecule has 0 unspecified atom stereocenters. The van der Waals surface area contributed by atoms with Gasteiger partial charge in [0, 0.05) is 23.3 Å². The van der Waals surface area contributed by atoms with Crippen molar-refractivity contribution >= 4 is 33.9 Å². The summed E-state index contributed by atoms with van der Waals surface area (Å²) in [6, 6.07) is 3.36. The Hall–Kier alpha value is -4.87. The van der Waals surface area contributed by atoms with Gasteiger partial charge in [0.2, 0.25) is 5.43 Å². The van der Waals surface area contributed by atoms with E-state index in [1.165, 1.54) is 0 Å². The van der Waals surface area contributed by atoms with Gasteiger partial charge < -0.3 is 23.7 Å². The first-order chi connectivity index (χ1) is 21.9. The number of fused-ring (bicyclic) bond motifs is 2. The fourth-order valence-electron chi connectivity index (χ4n) is 4.95. The summed E-state index contributed by atoms with van der Waals surface area (Å²) in [7, 11) is 1.55. The van der Waals surface area contributed by atoms with Crippen molar-refractivity contribution in [2.24, 2.45) is 22.9 Å². The highest BCUT2D eigenvalue weighted by Gasteiger charge is 2.24. The maximum absolute atomic E-state index is 14.3. The summed E-state index contributed by atoms with van der Waals surface area (Å²) in [6.45, 7) is 9.92. The number of unbranched alkanes of at least 4 members (excludes halogenated alkanes) is 2. The Labute approximate surface area is 269 Å². The molecule has 0 atom stereocenters. The lowest BCUT2D eigenvalue weighted by Crippen LogP contribution is -2.78. The summed E-state index contributed by atoms with van der Waals surface area (Å²) in [5, 5.41) is 12.0. The molecule has 0 amide bonds. The highest BCUT2D eigenvalue weighted by Crippen LogP contribution is 2.41. The zero-order valence-electron chi connectivity index (χ0n) is 27.7. The minimum Gasteiger partial charge on any atom is -0.507 e. The van der Waals surface area contributed by atoms with Crippen LogP contribution in [-0.4, -0.2) is 50.4 Å². The highest BCUT2D eigenvalue weighted by molar-refractivity contribution is 5.98. The Morgan fingerprint density at radius 3 is 1.80 bits per heavy atom. The van der Waals surface area contributed by atoms with E-state index >= 15 is 0 Å². The van der Waals surface area contributed by atoms with Crippen molar-refractivity contribution in [3.8, 4) is 23.0 Å². The van der Waals surface area contributed by atoms with Crippen LogP contribution in [0.4, 0.5) is 0 Å². The number of hydrogen-bond donors (Lipinski definition) is 7. The molecule has 0 spiro atoms. The van der Waals surface area contributed by atoms with Gasteiger partial charge >= 0.3 is 11.9 Å². The second kappa shape index (κ2) is 17.0. The molecule has 3 rings (SSSR count). The number of rotatable bonds is 17. The third kappa shape index (κ3) is 9.56. The Morgan fingerprint density at radius 1 is 0.783 bits per heavy atom. The van der Waals surface area contributed by atoms with Gasteiger partial charge in [-0.1, -0.05) is 23.3 Å². The predicted molar refractivity (Wildman–Crippen MR) is 182 cm³/mol. The molecule has 0 aliphatic rings. The number of hydrogen-bond acceptors (Lipinski definition) is 6. The number of guanidine groups is 2. The average molecular weight is 639 g/mol. The molecular formula is C34H50N6O6+2. The molecule has 1 heterocycles. The summed E-state index contributed by atoms with van der Waals surface area (Å²) in [5.41, 5.74) is 25.3. The van der Waals surface area contributed by atoms with Crippen LogP contribution in [0, 0.1) is 0 Å². The summed E-state index contributed by atoms with van der Waals surface area (Å²) >= 11 is 0. The summed E-state index contributed by atoms with van der Waals surface area (Å²) in [6.07, 6.45) is 7.77. The van der Waals surface area contributed by atoms with Crippen molar-refractivity contribution in [2.45, 2.75) is 66.2 Å². The molecule has 250 valence electrons. The van der Waals surface area contributed by atoms with E-state index in [-0.39, 0.29) is 34.1 Å². The molecule has 12 nitrogen and oxygen atoms in total. The molecule has 0 saturated heterocycles. The van der Waals surface area contributed by atoms with Gasteiger partial charge in [-0.25, -0.2) is 0 Å². The van der Waals surface area contributed by atoms with E-state index < -0.39 is 0 Å². The highest BCUT2D eigenvalue weighted by atomic mass is 16.5. The second-order valence-electron chi connectivity index (χ2n) is 11.6. The van der Waals surface area contributed by atoms with Crippen molar-refractivity contribution in [2.75, 3.05) is 33.4 Å². The van der Waals surface area contributed by atoms with Crippen LogP contribution in [0.25, 0.3) is 21.9 Å². The van der Waals surface area contributed by atoms with Crippen LogP contribution in [0.5, 0.6) is 23.0 Å². The summed E-state index contributed by atoms with van der Waals surface area (Å²) in [4.78, 5) is 20.1. The van der Waals surface area contributed by atoms with Crippen LogP contribution in [-0.2, 0) is 12.8 Å². The molecule has 0 saturated carbocycles. The maximum atomic E-state index is 14.3. The molecule has 0 radical (unpaired) electrons. The monoisotopic (exact) mass is 638 g/mol. The van der Waals surface area contributed by atoms with Crippen molar-refractivity contribution in [1.82, 2.24) is 0 Å². The zero-order chi connectivity index (χ0) is 33.8. The maximum Gasteiger partial charge on any atom is 0.338 e. The molecule has 46 heavy (non-hydrogen) atoms. The molecule has 3 aromatic rings. The third-order valence-corrected chi connectivity index (χ3v) is 7.26. The fraction of sp³-hybridized carbons (Fsp3) is 0.441. The minimum absolute atomic E-state index is 0.0906. The van der Waals surface area contributed by atoms with Gasteiger partial charge in [0.05, 0.1) is 38.8 Å². The first-order valence-corrected chi connectivity index (χ1v) is 15.6. The van der Waals surface area contributed by atoms with Crippen LogP contribution < -0.4 is 52.6 Å². The number of nitrogens with one attached hydrogen (secondary N) is 2. The Morgan fingerprint density at radius 2 is 1.28 bits per heavy atom. The lowest BCUT2D eigenvalue weighted by molar-refractivity contribution is -0.460. The first-order valence-electron chi connectivity index (χ1n) is 15.6. The van der Waals surface area contributed by atoms with Gasteiger partial charge in [0.25, 0.3) is 0 Å². The van der Waals surface area contributed by atoms with Gasteiger partial charge in [-0.3, -0.25) is 37.7 Å². The van der Waals surface area contributed by atoms with Gasteiger partial charge in [-0.15, -0.1) is 0 Å². The number of ether oxygens (including phenoxy) is 3. The predicted octanol–water partition coefficient (Wildman–Crippen LogP) is 0.704. The van der Waals surface area contributed by atoms with Crippen molar-refractivity contribution < 1.29 is 33.7 Å².